The first-order valence-corrected chi connectivity index (χ1v) is 9.41. The van der Waals surface area contributed by atoms with Gasteiger partial charge in [0, 0.05) is 24.8 Å². The van der Waals surface area contributed by atoms with Gasteiger partial charge in [-0.25, -0.2) is 14.8 Å². The molecule has 10 heteroatoms. The number of rotatable bonds is 4. The zero-order valence-electron chi connectivity index (χ0n) is 16.1. The van der Waals surface area contributed by atoms with Crippen LogP contribution in [0.25, 0.3) is 0 Å². The van der Waals surface area contributed by atoms with Crippen molar-refractivity contribution >= 4 is 11.8 Å². The van der Waals surface area contributed by atoms with Crippen molar-refractivity contribution in [3.8, 4) is 0 Å². The van der Waals surface area contributed by atoms with E-state index >= 15 is 0 Å². The SMILES string of the molecule is CC(C)Nc1ccnc(C2COCCN2C2CCCC2)n1.O=C(O)C(F)(F)F. The summed E-state index contributed by atoms with van der Waals surface area (Å²) in [5.74, 6) is -0.952. The molecule has 0 amide bonds. The Morgan fingerprint density at radius 2 is 2.00 bits per heavy atom. The summed E-state index contributed by atoms with van der Waals surface area (Å²) in [6.45, 7) is 6.78. The van der Waals surface area contributed by atoms with Crippen molar-refractivity contribution in [2.24, 2.45) is 0 Å². The molecule has 1 saturated carbocycles. The Morgan fingerprint density at radius 1 is 1.36 bits per heavy atom. The number of alkyl halides is 3. The standard InChI is InChI=1S/C16H26N4O.C2HF3O2/c1-12(2)18-15-7-8-17-16(19-15)14-11-21-10-9-20(14)13-5-3-4-6-13;3-2(4,5)1(6)7/h7-8,12-14H,3-6,9-11H2,1-2H3,(H,17,18,19);(H,6,7). The number of morpholine rings is 1. The molecular weight excluding hydrogens is 377 g/mol. The fraction of sp³-hybridized carbons (Fsp3) is 0.722. The van der Waals surface area contributed by atoms with Gasteiger partial charge in [0.25, 0.3) is 0 Å². The second kappa shape index (κ2) is 10.0. The highest BCUT2D eigenvalue weighted by molar-refractivity contribution is 5.73. The van der Waals surface area contributed by atoms with Crippen molar-refractivity contribution in [2.75, 3.05) is 25.1 Å². The molecule has 0 aromatic carbocycles. The Hall–Kier alpha value is -1.94. The van der Waals surface area contributed by atoms with Crippen LogP contribution in [0.5, 0.6) is 0 Å². The van der Waals surface area contributed by atoms with E-state index in [1.54, 1.807) is 0 Å². The van der Waals surface area contributed by atoms with Crippen LogP contribution in [-0.4, -0.2) is 64.0 Å². The van der Waals surface area contributed by atoms with Gasteiger partial charge in [0.05, 0.1) is 19.3 Å². The average molecular weight is 404 g/mol. The number of nitrogens with zero attached hydrogens (tertiary/aromatic N) is 3. The van der Waals surface area contributed by atoms with Crippen molar-refractivity contribution in [2.45, 2.75) is 63.8 Å². The largest absolute Gasteiger partial charge is 0.490 e. The Labute approximate surface area is 162 Å². The van der Waals surface area contributed by atoms with Crippen molar-refractivity contribution in [3.63, 3.8) is 0 Å². The normalized spacial score (nSPS) is 21.3. The van der Waals surface area contributed by atoms with Crippen molar-refractivity contribution in [1.82, 2.24) is 14.9 Å². The summed E-state index contributed by atoms with van der Waals surface area (Å²) in [5.41, 5.74) is 0. The molecule has 1 aliphatic carbocycles. The lowest BCUT2D eigenvalue weighted by Crippen LogP contribution is -2.45. The number of carbonyl (C=O) groups is 1. The fourth-order valence-corrected chi connectivity index (χ4v) is 3.42. The molecule has 1 unspecified atom stereocenters. The van der Waals surface area contributed by atoms with E-state index in [0.29, 0.717) is 18.7 Å². The number of carboxylic acid groups (broad SMARTS) is 1. The average Bonchev–Trinajstić information content (AvgIpc) is 3.15. The van der Waals surface area contributed by atoms with Crippen molar-refractivity contribution < 1.29 is 27.8 Å². The summed E-state index contributed by atoms with van der Waals surface area (Å²) >= 11 is 0. The number of aromatic nitrogens is 2. The van der Waals surface area contributed by atoms with Crippen LogP contribution in [0, 0.1) is 0 Å². The molecule has 1 atom stereocenters. The van der Waals surface area contributed by atoms with Crippen LogP contribution in [0.4, 0.5) is 19.0 Å². The minimum Gasteiger partial charge on any atom is -0.475 e. The van der Waals surface area contributed by atoms with Crippen LogP contribution in [0.2, 0.25) is 0 Å². The van der Waals surface area contributed by atoms with Gasteiger partial charge in [-0.1, -0.05) is 12.8 Å². The highest BCUT2D eigenvalue weighted by Crippen LogP contribution is 2.32. The van der Waals surface area contributed by atoms with Gasteiger partial charge in [-0.2, -0.15) is 13.2 Å². The van der Waals surface area contributed by atoms with Gasteiger partial charge in [-0.15, -0.1) is 0 Å². The van der Waals surface area contributed by atoms with Crippen molar-refractivity contribution in [3.05, 3.63) is 18.1 Å². The van der Waals surface area contributed by atoms with Gasteiger partial charge in [0.1, 0.15) is 11.6 Å². The molecule has 2 N–H and O–H groups in total. The molecular formula is C18H27F3N4O3. The van der Waals surface area contributed by atoms with Crippen LogP contribution in [-0.2, 0) is 9.53 Å². The molecule has 1 aromatic heterocycles. The van der Waals surface area contributed by atoms with E-state index in [9.17, 15) is 13.2 Å². The van der Waals surface area contributed by atoms with Gasteiger partial charge in [0.2, 0.25) is 0 Å². The van der Waals surface area contributed by atoms with Gasteiger partial charge in [0.15, 0.2) is 0 Å². The highest BCUT2D eigenvalue weighted by Gasteiger charge is 2.38. The molecule has 2 fully saturated rings. The Bertz CT molecular complexity index is 637. The molecule has 0 radical (unpaired) electrons. The van der Waals surface area contributed by atoms with Crippen LogP contribution >= 0.6 is 0 Å². The lowest BCUT2D eigenvalue weighted by atomic mass is 10.1. The first-order chi connectivity index (χ1) is 13.2. The molecule has 28 heavy (non-hydrogen) atoms. The third kappa shape index (κ3) is 6.59. The topological polar surface area (TPSA) is 87.6 Å². The molecule has 158 valence electrons. The Kier molecular flexibility index (Phi) is 7.99. The maximum Gasteiger partial charge on any atom is 0.490 e. The number of halogens is 3. The lowest BCUT2D eigenvalue weighted by molar-refractivity contribution is -0.192. The summed E-state index contributed by atoms with van der Waals surface area (Å²) in [7, 11) is 0. The van der Waals surface area contributed by atoms with Gasteiger partial charge >= 0.3 is 12.1 Å². The molecule has 2 heterocycles. The van der Waals surface area contributed by atoms with Crippen LogP contribution in [0.1, 0.15) is 51.4 Å². The van der Waals surface area contributed by atoms with E-state index in [2.05, 4.69) is 29.0 Å². The molecule has 1 saturated heterocycles. The maximum absolute atomic E-state index is 10.6. The van der Waals surface area contributed by atoms with E-state index in [-0.39, 0.29) is 6.04 Å². The lowest BCUT2D eigenvalue weighted by Gasteiger charge is -2.38. The van der Waals surface area contributed by atoms with E-state index in [1.807, 2.05) is 12.3 Å². The third-order valence-corrected chi connectivity index (χ3v) is 4.61. The first-order valence-electron chi connectivity index (χ1n) is 9.41. The zero-order chi connectivity index (χ0) is 20.7. The minimum absolute atomic E-state index is 0.204. The van der Waals surface area contributed by atoms with Crippen LogP contribution in [0.15, 0.2) is 12.3 Å². The second-order valence-corrected chi connectivity index (χ2v) is 7.17. The zero-order valence-corrected chi connectivity index (χ0v) is 16.1. The molecule has 0 spiro atoms. The maximum atomic E-state index is 10.6. The van der Waals surface area contributed by atoms with E-state index in [0.717, 1.165) is 24.8 Å². The number of hydrogen-bond acceptors (Lipinski definition) is 6. The number of ether oxygens (including phenoxy) is 1. The molecule has 3 rings (SSSR count). The second-order valence-electron chi connectivity index (χ2n) is 7.17. The summed E-state index contributed by atoms with van der Waals surface area (Å²) in [6, 6.07) is 3.20. The molecule has 0 bridgehead atoms. The monoisotopic (exact) mass is 404 g/mol. The number of carboxylic acids is 1. The van der Waals surface area contributed by atoms with Gasteiger partial charge < -0.3 is 15.2 Å². The van der Waals surface area contributed by atoms with E-state index in [4.69, 9.17) is 19.6 Å². The fourth-order valence-electron chi connectivity index (χ4n) is 3.42. The third-order valence-electron chi connectivity index (χ3n) is 4.61. The van der Waals surface area contributed by atoms with Crippen LogP contribution < -0.4 is 5.32 Å². The summed E-state index contributed by atoms with van der Waals surface area (Å²) in [6.07, 6.45) is 2.09. The minimum atomic E-state index is -5.08. The predicted octanol–water partition coefficient (Wildman–Crippen LogP) is 3.25. The van der Waals surface area contributed by atoms with Crippen LogP contribution in [0.3, 0.4) is 0 Å². The number of aliphatic carboxylic acids is 1. The first kappa shape index (κ1) is 22.4. The highest BCUT2D eigenvalue weighted by atomic mass is 19.4. The van der Waals surface area contributed by atoms with E-state index in [1.165, 1.54) is 25.7 Å². The number of hydrogen-bond donors (Lipinski definition) is 2. The van der Waals surface area contributed by atoms with Crippen molar-refractivity contribution in [1.29, 1.82) is 0 Å². The molecule has 1 aromatic rings. The number of nitrogens with one attached hydrogen (secondary N) is 1. The smallest absolute Gasteiger partial charge is 0.475 e. The summed E-state index contributed by atoms with van der Waals surface area (Å²) in [4.78, 5) is 20.7. The Balaban J connectivity index is 0.000000345. The molecule has 1 aliphatic heterocycles. The Morgan fingerprint density at radius 3 is 2.57 bits per heavy atom. The van der Waals surface area contributed by atoms with Gasteiger partial charge in [-0.3, -0.25) is 4.90 Å². The quantitative estimate of drug-likeness (QED) is 0.796. The molecule has 7 nitrogen and oxygen atoms in total. The summed E-state index contributed by atoms with van der Waals surface area (Å²) < 4.78 is 37.4. The predicted molar refractivity (Wildman–Crippen MR) is 97.0 cm³/mol. The van der Waals surface area contributed by atoms with Gasteiger partial charge in [-0.05, 0) is 32.8 Å². The molecule has 2 aliphatic rings. The summed E-state index contributed by atoms with van der Waals surface area (Å²) in [5, 5.41) is 10.5. The number of anilines is 1. The van der Waals surface area contributed by atoms with E-state index < -0.39 is 12.1 Å².